The third-order valence-electron chi connectivity index (χ3n) is 4.28. The average Bonchev–Trinajstić information content (AvgIpc) is 3.43. The van der Waals surface area contributed by atoms with Crippen molar-refractivity contribution < 1.29 is 14.3 Å². The highest BCUT2D eigenvalue weighted by molar-refractivity contribution is 14.0. The normalized spacial score (nSPS) is 13.3. The molecule has 2 heterocycles. The van der Waals surface area contributed by atoms with E-state index in [1.54, 1.807) is 43.8 Å². The maximum absolute atomic E-state index is 10.6. The van der Waals surface area contributed by atoms with Gasteiger partial charge in [0.15, 0.2) is 5.96 Å². The number of furan rings is 1. The number of thiazole rings is 1. The van der Waals surface area contributed by atoms with E-state index in [1.165, 1.54) is 0 Å². The molecule has 0 aliphatic heterocycles. The third kappa shape index (κ3) is 6.44. The van der Waals surface area contributed by atoms with Crippen LogP contribution in [0.1, 0.15) is 25.3 Å². The van der Waals surface area contributed by atoms with Crippen molar-refractivity contribution in [1.82, 2.24) is 15.6 Å². The summed E-state index contributed by atoms with van der Waals surface area (Å²) in [6.07, 6.45) is 1.55. The predicted molar refractivity (Wildman–Crippen MR) is 131 cm³/mol. The number of benzene rings is 1. The van der Waals surface area contributed by atoms with Gasteiger partial charge in [-0.25, -0.2) is 9.98 Å². The zero-order chi connectivity index (χ0) is 20.7. The van der Waals surface area contributed by atoms with Crippen molar-refractivity contribution in [3.05, 3.63) is 59.5 Å². The van der Waals surface area contributed by atoms with Crippen LogP contribution in [0.5, 0.6) is 5.75 Å². The van der Waals surface area contributed by atoms with Crippen LogP contribution in [-0.4, -0.2) is 36.2 Å². The van der Waals surface area contributed by atoms with Crippen molar-refractivity contribution in [3.8, 4) is 16.3 Å². The van der Waals surface area contributed by atoms with E-state index in [4.69, 9.17) is 9.15 Å². The molecule has 0 saturated heterocycles. The van der Waals surface area contributed by atoms with Crippen molar-refractivity contribution in [1.29, 1.82) is 0 Å². The lowest BCUT2D eigenvalue weighted by Crippen LogP contribution is -2.44. The van der Waals surface area contributed by atoms with Gasteiger partial charge in [0, 0.05) is 17.5 Å². The van der Waals surface area contributed by atoms with E-state index in [-0.39, 0.29) is 30.5 Å². The number of aliphatic imine (C=N–C) groups is 1. The molecule has 30 heavy (non-hydrogen) atoms. The summed E-state index contributed by atoms with van der Waals surface area (Å²) < 4.78 is 10.5. The van der Waals surface area contributed by atoms with Crippen LogP contribution >= 0.6 is 35.3 Å². The molecule has 1 atom stereocenters. The number of ether oxygens (including phenoxy) is 1. The summed E-state index contributed by atoms with van der Waals surface area (Å²) in [6.45, 7) is 5.10. The second kappa shape index (κ2) is 11.3. The second-order valence-corrected chi connectivity index (χ2v) is 7.53. The Kier molecular flexibility index (Phi) is 9.12. The van der Waals surface area contributed by atoms with E-state index in [2.05, 4.69) is 20.6 Å². The number of guanidine groups is 1. The van der Waals surface area contributed by atoms with E-state index in [1.807, 2.05) is 36.6 Å². The first kappa shape index (κ1) is 24.2. The Labute approximate surface area is 197 Å². The monoisotopic (exact) mass is 542 g/mol. The van der Waals surface area contributed by atoms with Crippen LogP contribution in [0.25, 0.3) is 10.6 Å². The number of hydrogen-bond donors (Lipinski definition) is 3. The van der Waals surface area contributed by atoms with Gasteiger partial charge in [-0.1, -0.05) is 0 Å². The SMILES string of the molecule is CCNC(=NCc1csc(-c2ccc(OC)cc2)n1)NCC(C)(O)c1ccco1.I. The molecule has 7 nitrogen and oxygen atoms in total. The first-order valence-electron chi connectivity index (χ1n) is 9.39. The van der Waals surface area contributed by atoms with Crippen molar-refractivity contribution in [3.63, 3.8) is 0 Å². The van der Waals surface area contributed by atoms with Gasteiger partial charge >= 0.3 is 0 Å². The average molecular weight is 542 g/mol. The molecule has 0 aliphatic rings. The summed E-state index contributed by atoms with van der Waals surface area (Å²) in [7, 11) is 1.65. The van der Waals surface area contributed by atoms with Gasteiger partial charge in [-0.3, -0.25) is 0 Å². The van der Waals surface area contributed by atoms with Gasteiger partial charge in [0.2, 0.25) is 0 Å². The highest BCUT2D eigenvalue weighted by atomic mass is 127. The minimum Gasteiger partial charge on any atom is -0.497 e. The molecular weight excluding hydrogens is 515 g/mol. The summed E-state index contributed by atoms with van der Waals surface area (Å²) in [5.41, 5.74) is 0.795. The molecule has 0 spiro atoms. The van der Waals surface area contributed by atoms with Gasteiger partial charge in [0.1, 0.15) is 22.1 Å². The lowest BCUT2D eigenvalue weighted by molar-refractivity contribution is 0.0386. The lowest BCUT2D eigenvalue weighted by Gasteiger charge is -2.22. The number of aliphatic hydroxyl groups is 1. The first-order chi connectivity index (χ1) is 14.0. The highest BCUT2D eigenvalue weighted by Crippen LogP contribution is 2.26. The van der Waals surface area contributed by atoms with Gasteiger partial charge in [-0.05, 0) is 50.2 Å². The summed E-state index contributed by atoms with van der Waals surface area (Å²) in [5, 5.41) is 19.9. The van der Waals surface area contributed by atoms with Crippen LogP contribution in [0, 0.1) is 0 Å². The number of nitrogens with one attached hydrogen (secondary N) is 2. The topological polar surface area (TPSA) is 91.9 Å². The third-order valence-corrected chi connectivity index (χ3v) is 5.22. The van der Waals surface area contributed by atoms with E-state index in [0.717, 1.165) is 22.0 Å². The van der Waals surface area contributed by atoms with Gasteiger partial charge in [-0.2, -0.15) is 0 Å². The molecule has 9 heteroatoms. The van der Waals surface area contributed by atoms with Crippen molar-refractivity contribution in [2.24, 2.45) is 4.99 Å². The van der Waals surface area contributed by atoms with Crippen molar-refractivity contribution >= 4 is 41.3 Å². The van der Waals surface area contributed by atoms with Gasteiger partial charge in [0.05, 0.1) is 32.2 Å². The standard InChI is InChI=1S/C21H26N4O3S.HI/c1-4-22-20(24-14-21(2,26)18-6-5-11-28-18)23-12-16-13-29-19(25-16)15-7-9-17(27-3)10-8-15;/h5-11,13,26H,4,12,14H2,1-3H3,(H2,22,23,24);1H. The zero-order valence-electron chi connectivity index (χ0n) is 17.2. The lowest BCUT2D eigenvalue weighted by atomic mass is 10.0. The quantitative estimate of drug-likeness (QED) is 0.227. The van der Waals surface area contributed by atoms with Crippen LogP contribution in [-0.2, 0) is 12.1 Å². The molecular formula is C21H27IN4O3S. The molecule has 0 saturated carbocycles. The summed E-state index contributed by atoms with van der Waals surface area (Å²) in [5.74, 6) is 1.93. The van der Waals surface area contributed by atoms with Crippen molar-refractivity contribution in [2.75, 3.05) is 20.2 Å². The number of hydrogen-bond acceptors (Lipinski definition) is 6. The Bertz CT molecular complexity index is 924. The first-order valence-corrected chi connectivity index (χ1v) is 10.3. The zero-order valence-corrected chi connectivity index (χ0v) is 20.4. The molecule has 0 amide bonds. The predicted octanol–water partition coefficient (Wildman–Crippen LogP) is 3.99. The Hall–Kier alpha value is -2.11. The molecule has 0 radical (unpaired) electrons. The Morgan fingerprint density at radius 2 is 2.03 bits per heavy atom. The molecule has 1 unspecified atom stereocenters. The fraction of sp³-hybridized carbons (Fsp3) is 0.333. The van der Waals surface area contributed by atoms with Crippen LogP contribution in [0.4, 0.5) is 0 Å². The Balaban J connectivity index is 0.00000320. The fourth-order valence-corrected chi connectivity index (χ4v) is 3.49. The molecule has 3 rings (SSSR count). The Morgan fingerprint density at radius 3 is 2.67 bits per heavy atom. The minimum absolute atomic E-state index is 0. The van der Waals surface area contributed by atoms with Gasteiger partial charge in [-0.15, -0.1) is 35.3 Å². The van der Waals surface area contributed by atoms with E-state index in [0.29, 0.717) is 24.8 Å². The molecule has 0 aliphatic carbocycles. The van der Waals surface area contributed by atoms with Crippen LogP contribution in [0.2, 0.25) is 0 Å². The van der Waals surface area contributed by atoms with Crippen LogP contribution < -0.4 is 15.4 Å². The highest BCUT2D eigenvalue weighted by Gasteiger charge is 2.26. The number of halogens is 1. The number of methoxy groups -OCH3 is 1. The van der Waals surface area contributed by atoms with E-state index >= 15 is 0 Å². The Morgan fingerprint density at radius 1 is 1.27 bits per heavy atom. The molecule has 1 aromatic carbocycles. The molecule has 3 aromatic rings. The fourth-order valence-electron chi connectivity index (χ4n) is 2.68. The smallest absolute Gasteiger partial charge is 0.191 e. The molecule has 162 valence electrons. The maximum atomic E-state index is 10.6. The summed E-state index contributed by atoms with van der Waals surface area (Å²) in [4.78, 5) is 9.25. The largest absolute Gasteiger partial charge is 0.497 e. The summed E-state index contributed by atoms with van der Waals surface area (Å²) >= 11 is 1.58. The number of nitrogens with zero attached hydrogens (tertiary/aromatic N) is 2. The minimum atomic E-state index is -1.14. The molecule has 2 aromatic heterocycles. The van der Waals surface area contributed by atoms with Crippen LogP contribution in [0.3, 0.4) is 0 Å². The van der Waals surface area contributed by atoms with E-state index in [9.17, 15) is 5.11 Å². The summed E-state index contributed by atoms with van der Waals surface area (Å²) in [6, 6.07) is 11.3. The molecule has 0 bridgehead atoms. The number of rotatable bonds is 8. The maximum Gasteiger partial charge on any atom is 0.191 e. The number of aromatic nitrogens is 1. The second-order valence-electron chi connectivity index (χ2n) is 6.67. The van der Waals surface area contributed by atoms with Gasteiger partial charge < -0.3 is 24.9 Å². The van der Waals surface area contributed by atoms with Gasteiger partial charge in [0.25, 0.3) is 0 Å². The van der Waals surface area contributed by atoms with E-state index < -0.39 is 5.60 Å². The molecule has 3 N–H and O–H groups in total. The van der Waals surface area contributed by atoms with Crippen LogP contribution in [0.15, 0.2) is 57.5 Å². The van der Waals surface area contributed by atoms with Crippen molar-refractivity contribution in [2.45, 2.75) is 26.0 Å². The molecule has 0 fully saturated rings.